The maximum absolute atomic E-state index is 11.8. The maximum atomic E-state index is 11.8. The van der Waals surface area contributed by atoms with Gasteiger partial charge in [-0.1, -0.05) is 45.0 Å². The van der Waals surface area contributed by atoms with Gasteiger partial charge in [-0.15, -0.1) is 0 Å². The number of ether oxygens (including phenoxy) is 1. The minimum atomic E-state index is -0.828. The zero-order valence-electron chi connectivity index (χ0n) is 16.7. The first kappa shape index (κ1) is 18.6. The van der Waals surface area contributed by atoms with Crippen LogP contribution in [0.15, 0.2) is 42.5 Å². The molecule has 0 saturated heterocycles. The first-order valence-electron chi connectivity index (χ1n) is 9.56. The molecule has 1 aliphatic rings. The number of aromatic nitrogens is 1. The Labute approximate surface area is 164 Å². The maximum Gasteiger partial charge on any atom is 0.321 e. The molecule has 0 amide bonds. The smallest absolute Gasteiger partial charge is 0.321 e. The molecule has 3 aromatic rings. The third-order valence-corrected chi connectivity index (χ3v) is 5.57. The molecule has 0 fully saturated rings. The fourth-order valence-electron chi connectivity index (χ4n) is 4.15. The Morgan fingerprint density at radius 3 is 2.61 bits per heavy atom. The number of para-hydroxylation sites is 1. The molecule has 5 heteroatoms. The van der Waals surface area contributed by atoms with Crippen molar-refractivity contribution in [1.29, 1.82) is 0 Å². The number of fused-ring (bicyclic) bond motifs is 3. The minimum Gasteiger partial charge on any atom is -0.496 e. The standard InChI is InChI=1S/C23H26N2O3/c1-23(2,3)16-11-13(9-10-19(16)28-4)20-21-15(12-18(25-20)22(26)27)14-7-5-6-8-17(14)24-21/h5-11,18,20,24-25H,12H2,1-4H3,(H,26,27). The lowest BCUT2D eigenvalue weighted by Gasteiger charge is -2.31. The molecule has 0 radical (unpaired) electrons. The van der Waals surface area contributed by atoms with Gasteiger partial charge in [0.2, 0.25) is 0 Å². The van der Waals surface area contributed by atoms with Crippen molar-refractivity contribution in [1.82, 2.24) is 10.3 Å². The minimum absolute atomic E-state index is 0.0918. The Morgan fingerprint density at radius 2 is 1.93 bits per heavy atom. The fraction of sp³-hybridized carbons (Fsp3) is 0.348. The highest BCUT2D eigenvalue weighted by Gasteiger charge is 2.34. The van der Waals surface area contributed by atoms with E-state index in [1.54, 1.807) is 7.11 Å². The van der Waals surface area contributed by atoms with Crippen molar-refractivity contribution in [2.24, 2.45) is 0 Å². The Morgan fingerprint density at radius 1 is 1.18 bits per heavy atom. The molecule has 0 spiro atoms. The van der Waals surface area contributed by atoms with E-state index in [0.29, 0.717) is 6.42 Å². The summed E-state index contributed by atoms with van der Waals surface area (Å²) in [5, 5.41) is 14.1. The second-order valence-electron chi connectivity index (χ2n) is 8.47. The molecule has 1 aliphatic heterocycles. The first-order chi connectivity index (χ1) is 13.3. The zero-order chi connectivity index (χ0) is 20.1. The van der Waals surface area contributed by atoms with E-state index in [-0.39, 0.29) is 11.5 Å². The van der Waals surface area contributed by atoms with Gasteiger partial charge in [-0.25, -0.2) is 0 Å². The fourth-order valence-corrected chi connectivity index (χ4v) is 4.15. The lowest BCUT2D eigenvalue weighted by Crippen LogP contribution is -2.45. The summed E-state index contributed by atoms with van der Waals surface area (Å²) in [5.41, 5.74) is 5.21. The van der Waals surface area contributed by atoms with Crippen LogP contribution < -0.4 is 10.1 Å². The second-order valence-corrected chi connectivity index (χ2v) is 8.47. The first-order valence-corrected chi connectivity index (χ1v) is 9.56. The van der Waals surface area contributed by atoms with E-state index in [9.17, 15) is 9.90 Å². The predicted octanol–water partition coefficient (Wildman–Crippen LogP) is 4.16. The highest BCUT2D eigenvalue weighted by molar-refractivity contribution is 5.87. The number of rotatable bonds is 3. The Bertz CT molecular complexity index is 1050. The molecule has 3 N–H and O–H groups in total. The number of H-pyrrole nitrogens is 1. The van der Waals surface area contributed by atoms with Crippen LogP contribution in [0.4, 0.5) is 0 Å². The Balaban J connectivity index is 1.89. The summed E-state index contributed by atoms with van der Waals surface area (Å²) in [7, 11) is 1.68. The van der Waals surface area contributed by atoms with Crippen LogP contribution in [0.3, 0.4) is 0 Å². The molecule has 0 bridgehead atoms. The molecule has 2 aromatic carbocycles. The van der Waals surface area contributed by atoms with Crippen molar-refractivity contribution in [3.63, 3.8) is 0 Å². The molecular formula is C23H26N2O3. The average Bonchev–Trinajstić information content (AvgIpc) is 3.04. The van der Waals surface area contributed by atoms with Gasteiger partial charge < -0.3 is 14.8 Å². The number of methoxy groups -OCH3 is 1. The van der Waals surface area contributed by atoms with Gasteiger partial charge in [0.15, 0.2) is 0 Å². The number of benzene rings is 2. The quantitative estimate of drug-likeness (QED) is 0.640. The third kappa shape index (κ3) is 3.06. The lowest BCUT2D eigenvalue weighted by atomic mass is 9.83. The molecule has 2 heterocycles. The van der Waals surface area contributed by atoms with Crippen molar-refractivity contribution in [3.05, 3.63) is 64.8 Å². The number of carbonyl (C=O) groups is 1. The number of nitrogens with one attached hydrogen (secondary N) is 2. The van der Waals surface area contributed by atoms with Crippen molar-refractivity contribution in [2.45, 2.75) is 44.7 Å². The Hall–Kier alpha value is -2.79. The number of aliphatic carboxylic acids is 1. The molecule has 2 atom stereocenters. The van der Waals surface area contributed by atoms with Crippen molar-refractivity contribution in [2.75, 3.05) is 7.11 Å². The van der Waals surface area contributed by atoms with E-state index in [2.05, 4.69) is 43.2 Å². The van der Waals surface area contributed by atoms with E-state index in [0.717, 1.165) is 39.0 Å². The van der Waals surface area contributed by atoms with Gasteiger partial charge in [-0.3, -0.25) is 10.1 Å². The van der Waals surface area contributed by atoms with Crippen LogP contribution >= 0.6 is 0 Å². The summed E-state index contributed by atoms with van der Waals surface area (Å²) in [4.78, 5) is 15.4. The monoisotopic (exact) mass is 378 g/mol. The summed E-state index contributed by atoms with van der Waals surface area (Å²) in [6.45, 7) is 6.45. The topological polar surface area (TPSA) is 74.3 Å². The number of carboxylic acids is 1. The van der Waals surface area contributed by atoms with Crippen molar-refractivity contribution >= 4 is 16.9 Å². The van der Waals surface area contributed by atoms with Gasteiger partial charge in [0.25, 0.3) is 0 Å². The van der Waals surface area contributed by atoms with Crippen LogP contribution in [-0.4, -0.2) is 29.2 Å². The summed E-state index contributed by atoms with van der Waals surface area (Å²) < 4.78 is 5.57. The van der Waals surface area contributed by atoms with E-state index in [4.69, 9.17) is 4.74 Å². The molecule has 5 nitrogen and oxygen atoms in total. The van der Waals surface area contributed by atoms with Crippen LogP contribution in [0, 0.1) is 0 Å². The largest absolute Gasteiger partial charge is 0.496 e. The SMILES string of the molecule is COc1ccc(C2NC(C(=O)O)Cc3c2[nH]c2ccccc32)cc1C(C)(C)C. The van der Waals surface area contributed by atoms with Gasteiger partial charge in [0.1, 0.15) is 11.8 Å². The van der Waals surface area contributed by atoms with E-state index in [1.807, 2.05) is 30.3 Å². The lowest BCUT2D eigenvalue weighted by molar-refractivity contribution is -0.139. The highest BCUT2D eigenvalue weighted by Crippen LogP contribution is 2.38. The summed E-state index contributed by atoms with van der Waals surface area (Å²) in [6, 6.07) is 13.4. The summed E-state index contributed by atoms with van der Waals surface area (Å²) in [5.74, 6) is 0.0178. The Kier molecular flexibility index (Phi) is 4.42. The highest BCUT2D eigenvalue weighted by atomic mass is 16.5. The molecule has 2 unspecified atom stereocenters. The predicted molar refractivity (Wildman–Crippen MR) is 110 cm³/mol. The average molecular weight is 378 g/mol. The van der Waals surface area contributed by atoms with Gasteiger partial charge in [-0.2, -0.15) is 0 Å². The number of hydrogen-bond acceptors (Lipinski definition) is 3. The van der Waals surface area contributed by atoms with Gasteiger partial charge in [0.05, 0.1) is 13.2 Å². The molecular weight excluding hydrogens is 352 g/mol. The number of aromatic amines is 1. The van der Waals surface area contributed by atoms with E-state index < -0.39 is 12.0 Å². The van der Waals surface area contributed by atoms with Crippen LogP contribution in [-0.2, 0) is 16.6 Å². The molecule has 0 saturated carbocycles. The van der Waals surface area contributed by atoms with Gasteiger partial charge in [0, 0.05) is 23.0 Å². The number of hydrogen-bond donors (Lipinski definition) is 3. The van der Waals surface area contributed by atoms with Crippen molar-refractivity contribution < 1.29 is 14.6 Å². The van der Waals surface area contributed by atoms with E-state index in [1.165, 1.54) is 0 Å². The van der Waals surface area contributed by atoms with Crippen LogP contribution in [0.2, 0.25) is 0 Å². The number of carboxylic acid groups (broad SMARTS) is 1. The van der Waals surface area contributed by atoms with Gasteiger partial charge >= 0.3 is 5.97 Å². The molecule has 0 aliphatic carbocycles. The van der Waals surface area contributed by atoms with Crippen LogP contribution in [0.25, 0.3) is 10.9 Å². The van der Waals surface area contributed by atoms with Crippen LogP contribution in [0.5, 0.6) is 5.75 Å². The summed E-state index contributed by atoms with van der Waals surface area (Å²) in [6.07, 6.45) is 0.466. The summed E-state index contributed by atoms with van der Waals surface area (Å²) >= 11 is 0. The molecule has 1 aromatic heterocycles. The van der Waals surface area contributed by atoms with Crippen LogP contribution in [0.1, 0.15) is 49.2 Å². The normalized spacial score (nSPS) is 19.4. The van der Waals surface area contributed by atoms with Gasteiger partial charge in [-0.05, 0) is 40.3 Å². The van der Waals surface area contributed by atoms with Crippen molar-refractivity contribution in [3.8, 4) is 5.75 Å². The third-order valence-electron chi connectivity index (χ3n) is 5.57. The van der Waals surface area contributed by atoms with E-state index >= 15 is 0 Å². The molecule has 146 valence electrons. The molecule has 28 heavy (non-hydrogen) atoms. The molecule has 4 rings (SSSR count). The zero-order valence-corrected chi connectivity index (χ0v) is 16.7. The second kappa shape index (κ2) is 6.67.